The Morgan fingerprint density at radius 1 is 1.40 bits per heavy atom. The van der Waals surface area contributed by atoms with Crippen molar-refractivity contribution in [3.63, 3.8) is 0 Å². The molecule has 140 valence electrons. The average molecular weight is 348 g/mol. The van der Waals surface area contributed by atoms with E-state index in [4.69, 9.17) is 4.74 Å². The third kappa shape index (κ3) is 5.63. The van der Waals surface area contributed by atoms with Crippen LogP contribution in [-0.2, 0) is 4.74 Å². The summed E-state index contributed by atoms with van der Waals surface area (Å²) in [4.78, 5) is 14.3. The average Bonchev–Trinajstić information content (AvgIpc) is 2.53. The number of rotatable bonds is 4. The van der Waals surface area contributed by atoms with Crippen LogP contribution in [0.25, 0.3) is 0 Å². The highest BCUT2D eigenvalue weighted by Crippen LogP contribution is 2.26. The first-order valence-electron chi connectivity index (χ1n) is 9.20. The number of nitrogens with zero attached hydrogens (tertiary/aromatic N) is 1. The Hall–Kier alpha value is -1.75. The Balaban J connectivity index is 1.99. The molecular formula is C20H32N2O3. The SMILES string of the molecule is Cc1ccc(O)c(C(C)NCC2CCCCN2C(=O)OC(C)(C)C)c1. The number of nitrogens with one attached hydrogen (secondary N) is 1. The van der Waals surface area contributed by atoms with Crippen molar-refractivity contribution < 1.29 is 14.6 Å². The number of hydrogen-bond donors (Lipinski definition) is 2. The predicted octanol–water partition coefficient (Wildman–Crippen LogP) is 4.14. The first kappa shape index (κ1) is 19.6. The van der Waals surface area contributed by atoms with Crippen molar-refractivity contribution >= 4 is 6.09 Å². The van der Waals surface area contributed by atoms with Gasteiger partial charge in [-0.1, -0.05) is 17.7 Å². The maximum atomic E-state index is 12.5. The first-order valence-corrected chi connectivity index (χ1v) is 9.20. The van der Waals surface area contributed by atoms with E-state index in [0.717, 1.165) is 36.9 Å². The molecule has 1 fully saturated rings. The molecule has 2 rings (SSSR count). The van der Waals surface area contributed by atoms with Crippen LogP contribution in [-0.4, -0.2) is 40.8 Å². The molecule has 0 spiro atoms. The van der Waals surface area contributed by atoms with Gasteiger partial charge in [0.2, 0.25) is 0 Å². The van der Waals surface area contributed by atoms with Crippen molar-refractivity contribution in [3.8, 4) is 5.75 Å². The van der Waals surface area contributed by atoms with Gasteiger partial charge < -0.3 is 20.1 Å². The fraction of sp³-hybridized carbons (Fsp3) is 0.650. The molecule has 5 heteroatoms. The molecule has 2 unspecified atom stereocenters. The first-order chi connectivity index (χ1) is 11.7. The number of carbonyl (C=O) groups excluding carboxylic acids is 1. The van der Waals surface area contributed by atoms with Gasteiger partial charge in [0.15, 0.2) is 0 Å². The van der Waals surface area contributed by atoms with Gasteiger partial charge in [-0.2, -0.15) is 0 Å². The van der Waals surface area contributed by atoms with E-state index in [0.29, 0.717) is 12.3 Å². The van der Waals surface area contributed by atoms with Crippen LogP contribution in [0.1, 0.15) is 64.1 Å². The number of phenols is 1. The van der Waals surface area contributed by atoms with Crippen LogP contribution in [0.5, 0.6) is 5.75 Å². The minimum atomic E-state index is -0.479. The van der Waals surface area contributed by atoms with Gasteiger partial charge in [0.1, 0.15) is 11.4 Å². The molecule has 2 N–H and O–H groups in total. The second kappa shape index (κ2) is 8.09. The van der Waals surface area contributed by atoms with E-state index in [1.807, 2.05) is 51.7 Å². The third-order valence-corrected chi connectivity index (χ3v) is 4.56. The third-order valence-electron chi connectivity index (χ3n) is 4.56. The van der Waals surface area contributed by atoms with E-state index < -0.39 is 5.60 Å². The fourth-order valence-corrected chi connectivity index (χ4v) is 3.22. The Morgan fingerprint density at radius 2 is 2.12 bits per heavy atom. The molecule has 0 aliphatic carbocycles. The number of likely N-dealkylation sites (tertiary alicyclic amines) is 1. The molecule has 1 aliphatic heterocycles. The molecule has 1 aromatic rings. The number of ether oxygens (including phenoxy) is 1. The molecule has 1 heterocycles. The fourth-order valence-electron chi connectivity index (χ4n) is 3.22. The van der Waals surface area contributed by atoms with Crippen LogP contribution in [0.4, 0.5) is 4.79 Å². The van der Waals surface area contributed by atoms with Gasteiger partial charge in [0.05, 0.1) is 0 Å². The lowest BCUT2D eigenvalue weighted by Gasteiger charge is -2.37. The van der Waals surface area contributed by atoms with Crippen molar-refractivity contribution in [2.75, 3.05) is 13.1 Å². The topological polar surface area (TPSA) is 61.8 Å². The molecule has 5 nitrogen and oxygen atoms in total. The number of phenolic OH excluding ortho intramolecular Hbond substituents is 1. The molecule has 1 aromatic carbocycles. The van der Waals surface area contributed by atoms with E-state index >= 15 is 0 Å². The lowest BCUT2D eigenvalue weighted by molar-refractivity contribution is 0.00969. The number of benzene rings is 1. The Morgan fingerprint density at radius 3 is 2.80 bits per heavy atom. The minimum Gasteiger partial charge on any atom is -0.508 e. The van der Waals surface area contributed by atoms with Crippen molar-refractivity contribution in [2.24, 2.45) is 0 Å². The number of piperidine rings is 1. The van der Waals surface area contributed by atoms with E-state index in [2.05, 4.69) is 5.32 Å². The Bertz CT molecular complexity index is 595. The van der Waals surface area contributed by atoms with Crippen molar-refractivity contribution in [3.05, 3.63) is 29.3 Å². The van der Waals surface area contributed by atoms with Gasteiger partial charge in [0, 0.05) is 30.7 Å². The smallest absolute Gasteiger partial charge is 0.410 e. The summed E-state index contributed by atoms with van der Waals surface area (Å²) in [5, 5.41) is 13.6. The molecule has 0 radical (unpaired) electrons. The van der Waals surface area contributed by atoms with Gasteiger partial charge in [-0.05, 0) is 59.9 Å². The van der Waals surface area contributed by atoms with Crippen LogP contribution in [0.15, 0.2) is 18.2 Å². The maximum absolute atomic E-state index is 12.5. The summed E-state index contributed by atoms with van der Waals surface area (Å²) < 4.78 is 5.55. The highest BCUT2D eigenvalue weighted by Gasteiger charge is 2.30. The highest BCUT2D eigenvalue weighted by atomic mass is 16.6. The summed E-state index contributed by atoms with van der Waals surface area (Å²) >= 11 is 0. The predicted molar refractivity (Wildman–Crippen MR) is 99.8 cm³/mol. The van der Waals surface area contributed by atoms with E-state index in [9.17, 15) is 9.90 Å². The number of hydrogen-bond acceptors (Lipinski definition) is 4. The molecule has 0 saturated carbocycles. The standard InChI is InChI=1S/C20H32N2O3/c1-14-9-10-18(23)17(12-14)15(2)21-13-16-8-6-7-11-22(16)19(24)25-20(3,4)5/h9-10,12,15-16,21,23H,6-8,11,13H2,1-5H3. The second-order valence-corrected chi connectivity index (χ2v) is 8.02. The maximum Gasteiger partial charge on any atom is 0.410 e. The van der Waals surface area contributed by atoms with Gasteiger partial charge in [-0.25, -0.2) is 4.79 Å². The van der Waals surface area contributed by atoms with Crippen molar-refractivity contribution in [1.29, 1.82) is 0 Å². The van der Waals surface area contributed by atoms with Crippen LogP contribution in [0, 0.1) is 6.92 Å². The summed E-state index contributed by atoms with van der Waals surface area (Å²) in [5.41, 5.74) is 1.53. The highest BCUT2D eigenvalue weighted by molar-refractivity contribution is 5.68. The van der Waals surface area contributed by atoms with Crippen LogP contribution in [0.2, 0.25) is 0 Å². The molecule has 1 aliphatic rings. The van der Waals surface area contributed by atoms with Gasteiger partial charge in [-0.15, -0.1) is 0 Å². The lowest BCUT2D eigenvalue weighted by atomic mass is 10.0. The van der Waals surface area contributed by atoms with Gasteiger partial charge >= 0.3 is 6.09 Å². The second-order valence-electron chi connectivity index (χ2n) is 8.02. The van der Waals surface area contributed by atoms with Crippen molar-refractivity contribution in [2.45, 2.75) is 71.6 Å². The van der Waals surface area contributed by atoms with E-state index in [1.165, 1.54) is 0 Å². The number of amides is 1. The van der Waals surface area contributed by atoms with Gasteiger partial charge in [-0.3, -0.25) is 0 Å². The lowest BCUT2D eigenvalue weighted by Crippen LogP contribution is -2.50. The summed E-state index contributed by atoms with van der Waals surface area (Å²) in [6.07, 6.45) is 2.88. The van der Waals surface area contributed by atoms with Crippen LogP contribution < -0.4 is 5.32 Å². The number of aryl methyl sites for hydroxylation is 1. The zero-order chi connectivity index (χ0) is 18.6. The summed E-state index contributed by atoms with van der Waals surface area (Å²) in [6.45, 7) is 11.2. The molecule has 1 saturated heterocycles. The quantitative estimate of drug-likeness (QED) is 0.858. The van der Waals surface area contributed by atoms with Gasteiger partial charge in [0.25, 0.3) is 0 Å². The normalized spacial score (nSPS) is 19.6. The zero-order valence-corrected chi connectivity index (χ0v) is 16.1. The summed E-state index contributed by atoms with van der Waals surface area (Å²) in [6, 6.07) is 5.77. The van der Waals surface area contributed by atoms with E-state index in [-0.39, 0.29) is 18.2 Å². The summed E-state index contributed by atoms with van der Waals surface area (Å²) in [5.74, 6) is 0.304. The Labute approximate surface area is 151 Å². The van der Waals surface area contributed by atoms with Crippen molar-refractivity contribution in [1.82, 2.24) is 10.2 Å². The zero-order valence-electron chi connectivity index (χ0n) is 16.1. The molecular weight excluding hydrogens is 316 g/mol. The summed E-state index contributed by atoms with van der Waals surface area (Å²) in [7, 11) is 0. The van der Waals surface area contributed by atoms with Crippen LogP contribution >= 0.6 is 0 Å². The van der Waals surface area contributed by atoms with E-state index in [1.54, 1.807) is 6.07 Å². The minimum absolute atomic E-state index is 0.0160. The van der Waals surface area contributed by atoms with Crippen LogP contribution in [0.3, 0.4) is 0 Å². The molecule has 1 amide bonds. The largest absolute Gasteiger partial charge is 0.508 e. The number of aromatic hydroxyl groups is 1. The molecule has 25 heavy (non-hydrogen) atoms. The monoisotopic (exact) mass is 348 g/mol. The molecule has 0 aromatic heterocycles. The Kier molecular flexibility index (Phi) is 6.33. The molecule has 2 atom stereocenters. The number of carbonyl (C=O) groups is 1. The molecule has 0 bridgehead atoms.